The molecule has 0 aliphatic heterocycles. The Morgan fingerprint density at radius 3 is 2.79 bits per heavy atom. The summed E-state index contributed by atoms with van der Waals surface area (Å²) in [6.07, 6.45) is 5.61. The van der Waals surface area contributed by atoms with Crippen LogP contribution in [0.4, 0.5) is 0 Å². The molecule has 0 N–H and O–H groups in total. The molecule has 1 aliphatic carbocycles. The van der Waals surface area contributed by atoms with Gasteiger partial charge in [0.15, 0.2) is 5.82 Å². The zero-order chi connectivity index (χ0) is 16.5. The van der Waals surface area contributed by atoms with Crippen LogP contribution in [0.3, 0.4) is 0 Å². The lowest BCUT2D eigenvalue weighted by atomic mass is 9.87. The van der Waals surface area contributed by atoms with E-state index in [4.69, 9.17) is 20.9 Å². The molecular weight excluding hydrogens is 328 g/mol. The van der Waals surface area contributed by atoms with Crippen molar-refractivity contribution in [3.05, 3.63) is 41.3 Å². The Bertz CT molecular complexity index is 859. The maximum Gasteiger partial charge on any atom is 0.229 e. The van der Waals surface area contributed by atoms with Crippen LogP contribution in [0.1, 0.15) is 43.3 Å². The number of aromatic nitrogens is 4. The summed E-state index contributed by atoms with van der Waals surface area (Å²) in [5.74, 6) is 2.30. The van der Waals surface area contributed by atoms with Crippen LogP contribution in [-0.2, 0) is 0 Å². The minimum absolute atomic E-state index is 0.111. The molecule has 124 valence electrons. The lowest BCUT2D eigenvalue weighted by Gasteiger charge is -2.27. The van der Waals surface area contributed by atoms with Crippen molar-refractivity contribution in [2.75, 3.05) is 0 Å². The highest BCUT2D eigenvalue weighted by Gasteiger charge is 2.27. The van der Waals surface area contributed by atoms with Gasteiger partial charge in [0, 0.05) is 18.2 Å². The van der Waals surface area contributed by atoms with Crippen molar-refractivity contribution in [2.24, 2.45) is 0 Å². The number of ether oxygens (including phenoxy) is 1. The van der Waals surface area contributed by atoms with Crippen LogP contribution in [0, 0.1) is 6.92 Å². The fraction of sp³-hybridized carbons (Fsp3) is 0.412. The number of hydrogen-bond acceptors (Lipinski definition) is 6. The molecule has 24 heavy (non-hydrogen) atoms. The Kier molecular flexibility index (Phi) is 4.06. The van der Waals surface area contributed by atoms with Crippen molar-refractivity contribution < 1.29 is 9.26 Å². The molecule has 0 radical (unpaired) electrons. The summed E-state index contributed by atoms with van der Waals surface area (Å²) in [6, 6.07) is 5.58. The summed E-state index contributed by atoms with van der Waals surface area (Å²) in [5.41, 5.74) is 0.794. The first-order valence-electron chi connectivity index (χ1n) is 8.07. The first-order valence-corrected chi connectivity index (χ1v) is 8.45. The van der Waals surface area contributed by atoms with Crippen LogP contribution in [0.2, 0.25) is 5.15 Å². The monoisotopic (exact) mass is 344 g/mol. The molecule has 3 heterocycles. The second kappa shape index (κ2) is 6.36. The highest BCUT2D eigenvalue weighted by Crippen LogP contribution is 2.35. The Hall–Kier alpha value is -2.21. The van der Waals surface area contributed by atoms with Gasteiger partial charge in [-0.3, -0.25) is 4.98 Å². The number of aryl methyl sites for hydroxylation is 1. The molecule has 0 unspecified atom stereocenters. The van der Waals surface area contributed by atoms with E-state index in [1.165, 1.54) is 0 Å². The quantitative estimate of drug-likeness (QED) is 0.666. The number of nitrogens with zero attached hydrogens (tertiary/aromatic N) is 4. The van der Waals surface area contributed by atoms with Crippen molar-refractivity contribution >= 4 is 22.5 Å². The number of halogens is 1. The van der Waals surface area contributed by atoms with Crippen LogP contribution in [0.25, 0.3) is 10.9 Å². The summed E-state index contributed by atoms with van der Waals surface area (Å²) in [7, 11) is 0. The molecule has 4 rings (SSSR count). The minimum Gasteiger partial charge on any atom is -0.474 e. The van der Waals surface area contributed by atoms with Crippen molar-refractivity contribution in [1.29, 1.82) is 0 Å². The second-order valence-electron chi connectivity index (χ2n) is 6.09. The third kappa shape index (κ3) is 3.06. The minimum atomic E-state index is 0.111. The van der Waals surface area contributed by atoms with Gasteiger partial charge in [-0.05, 0) is 44.7 Å². The average molecular weight is 345 g/mol. The molecule has 1 fully saturated rings. The predicted octanol–water partition coefficient (Wildman–Crippen LogP) is 4.08. The smallest absolute Gasteiger partial charge is 0.229 e. The van der Waals surface area contributed by atoms with Gasteiger partial charge in [-0.15, -0.1) is 0 Å². The van der Waals surface area contributed by atoms with Crippen LogP contribution in [-0.4, -0.2) is 26.2 Å². The Morgan fingerprint density at radius 1 is 1.21 bits per heavy atom. The van der Waals surface area contributed by atoms with E-state index in [1.54, 1.807) is 12.3 Å². The van der Waals surface area contributed by atoms with Crippen LogP contribution < -0.4 is 4.74 Å². The highest BCUT2D eigenvalue weighted by molar-refractivity contribution is 6.30. The topological polar surface area (TPSA) is 73.9 Å². The second-order valence-corrected chi connectivity index (χ2v) is 6.48. The molecule has 1 saturated carbocycles. The van der Waals surface area contributed by atoms with Crippen molar-refractivity contribution in [3.8, 4) is 5.88 Å². The van der Waals surface area contributed by atoms with E-state index in [0.717, 1.165) is 42.5 Å². The Balaban J connectivity index is 1.48. The zero-order valence-electron chi connectivity index (χ0n) is 13.3. The van der Waals surface area contributed by atoms with E-state index < -0.39 is 0 Å². The molecule has 0 spiro atoms. The summed E-state index contributed by atoms with van der Waals surface area (Å²) in [5, 5.41) is 5.15. The summed E-state index contributed by atoms with van der Waals surface area (Å²) >= 11 is 6.09. The standard InChI is InChI=1S/C17H17ClN4O2/c1-10-20-16(24-22-10)11-4-6-12(7-5-11)23-17-13-3-2-8-19-14(13)9-15(18)21-17/h2-3,8-9,11-12H,4-7H2,1H3. The molecule has 0 aromatic carbocycles. The van der Waals surface area contributed by atoms with Gasteiger partial charge in [-0.2, -0.15) is 4.98 Å². The summed E-state index contributed by atoms with van der Waals surface area (Å²) < 4.78 is 11.4. The molecule has 0 bridgehead atoms. The van der Waals surface area contributed by atoms with Gasteiger partial charge in [0.05, 0.1) is 10.9 Å². The van der Waals surface area contributed by atoms with E-state index >= 15 is 0 Å². The fourth-order valence-corrected chi connectivity index (χ4v) is 3.35. The predicted molar refractivity (Wildman–Crippen MR) is 89.2 cm³/mol. The van der Waals surface area contributed by atoms with Crippen molar-refractivity contribution in [2.45, 2.75) is 44.6 Å². The van der Waals surface area contributed by atoms with Crippen LogP contribution >= 0.6 is 11.6 Å². The molecule has 1 aliphatic rings. The van der Waals surface area contributed by atoms with Gasteiger partial charge in [0.1, 0.15) is 11.3 Å². The number of hydrogen-bond donors (Lipinski definition) is 0. The normalized spacial score (nSPS) is 21.1. The lowest BCUT2D eigenvalue weighted by Crippen LogP contribution is -2.24. The molecule has 0 atom stereocenters. The van der Waals surface area contributed by atoms with Crippen molar-refractivity contribution in [1.82, 2.24) is 20.1 Å². The molecule has 3 aromatic rings. The van der Waals surface area contributed by atoms with Crippen LogP contribution in [0.5, 0.6) is 5.88 Å². The van der Waals surface area contributed by atoms with E-state index in [-0.39, 0.29) is 6.10 Å². The van der Waals surface area contributed by atoms with Gasteiger partial charge in [0.2, 0.25) is 11.8 Å². The van der Waals surface area contributed by atoms with Gasteiger partial charge in [-0.1, -0.05) is 16.8 Å². The average Bonchev–Trinajstić information content (AvgIpc) is 3.02. The molecular formula is C17H17ClN4O2. The maximum atomic E-state index is 6.14. The summed E-state index contributed by atoms with van der Waals surface area (Å²) in [4.78, 5) is 13.0. The number of rotatable bonds is 3. The van der Waals surface area contributed by atoms with Gasteiger partial charge < -0.3 is 9.26 Å². The third-order valence-electron chi connectivity index (χ3n) is 4.38. The molecule has 6 nitrogen and oxygen atoms in total. The third-order valence-corrected chi connectivity index (χ3v) is 4.57. The first-order chi connectivity index (χ1) is 11.7. The van der Waals surface area contributed by atoms with Crippen LogP contribution in [0.15, 0.2) is 28.9 Å². The van der Waals surface area contributed by atoms with E-state index in [1.807, 2.05) is 19.1 Å². The van der Waals surface area contributed by atoms with E-state index in [2.05, 4.69) is 20.1 Å². The lowest BCUT2D eigenvalue weighted by molar-refractivity contribution is 0.135. The highest BCUT2D eigenvalue weighted by atomic mass is 35.5. The zero-order valence-corrected chi connectivity index (χ0v) is 14.0. The number of pyridine rings is 2. The van der Waals surface area contributed by atoms with Crippen molar-refractivity contribution in [3.63, 3.8) is 0 Å². The largest absolute Gasteiger partial charge is 0.474 e. The van der Waals surface area contributed by atoms with Gasteiger partial charge in [0.25, 0.3) is 0 Å². The molecule has 7 heteroatoms. The molecule has 0 saturated heterocycles. The van der Waals surface area contributed by atoms with E-state index in [0.29, 0.717) is 22.8 Å². The molecule has 0 amide bonds. The first kappa shape index (κ1) is 15.3. The number of fused-ring (bicyclic) bond motifs is 1. The van der Waals surface area contributed by atoms with Gasteiger partial charge in [-0.25, -0.2) is 4.98 Å². The summed E-state index contributed by atoms with van der Waals surface area (Å²) in [6.45, 7) is 1.84. The van der Waals surface area contributed by atoms with E-state index in [9.17, 15) is 0 Å². The SMILES string of the molecule is Cc1noc(C2CCC(Oc3nc(Cl)cc4ncccc34)CC2)n1. The van der Waals surface area contributed by atoms with Gasteiger partial charge >= 0.3 is 0 Å². The maximum absolute atomic E-state index is 6.14. The fourth-order valence-electron chi connectivity index (χ4n) is 3.17. The Morgan fingerprint density at radius 2 is 2.04 bits per heavy atom. The Labute approximate surface area is 144 Å². The molecule has 3 aromatic heterocycles.